The van der Waals surface area contributed by atoms with Gasteiger partial charge < -0.3 is 14.4 Å². The summed E-state index contributed by atoms with van der Waals surface area (Å²) in [6.07, 6.45) is -3.29. The van der Waals surface area contributed by atoms with Gasteiger partial charge in [0.25, 0.3) is 0 Å². The zero-order valence-electron chi connectivity index (χ0n) is 12.5. The van der Waals surface area contributed by atoms with Crippen LogP contribution in [0.1, 0.15) is 32.5 Å². The summed E-state index contributed by atoms with van der Waals surface area (Å²) in [6, 6.07) is 2.05. The minimum Gasteiger partial charge on any atom is -0.598 e. The topological polar surface area (TPSA) is 77.4 Å². The molecule has 1 aromatic rings. The lowest BCUT2D eigenvalue weighted by Crippen LogP contribution is -2.42. The highest BCUT2D eigenvalue weighted by Crippen LogP contribution is 2.21. The van der Waals surface area contributed by atoms with Crippen molar-refractivity contribution >= 4 is 11.4 Å². The maximum atomic E-state index is 12.0. The Hall–Kier alpha value is -1.03. The molecule has 1 rings (SSSR count). The highest BCUT2D eigenvalue weighted by Gasteiger charge is 2.30. The molecule has 0 aromatic carbocycles. The van der Waals surface area contributed by atoms with Crippen molar-refractivity contribution in [3.63, 3.8) is 0 Å². The highest BCUT2D eigenvalue weighted by molar-refractivity contribution is 7.90. The summed E-state index contributed by atoms with van der Waals surface area (Å²) in [4.78, 5) is 3.94. The van der Waals surface area contributed by atoms with Crippen molar-refractivity contribution in [3.8, 4) is 5.75 Å². The van der Waals surface area contributed by atoms with E-state index < -0.39 is 34.9 Å². The standard InChI is InChI=1S/C13H19F3N2O3S/c1-12(2,3)22(20)18-11(7-19)10-5-4-9(6-17-10)21-8-13(14,15)16/h4-6,11,18-19H,7-8H2,1-3H3/t11-,22?/m1/s1. The predicted octanol–water partition coefficient (Wildman–Crippen LogP) is 2.11. The molecular formula is C13H19F3N2O3S. The molecule has 0 bridgehead atoms. The van der Waals surface area contributed by atoms with Gasteiger partial charge in [0, 0.05) is 11.4 Å². The Kier molecular flexibility index (Phi) is 6.48. The van der Waals surface area contributed by atoms with E-state index in [2.05, 4.69) is 14.4 Å². The second-order valence-corrected chi connectivity index (χ2v) is 7.55. The molecule has 0 aliphatic carbocycles. The number of aliphatic hydroxyl groups is 1. The van der Waals surface area contributed by atoms with Gasteiger partial charge in [-0.05, 0) is 32.9 Å². The van der Waals surface area contributed by atoms with E-state index in [9.17, 15) is 22.8 Å². The predicted molar refractivity (Wildman–Crippen MR) is 76.6 cm³/mol. The fourth-order valence-electron chi connectivity index (χ4n) is 1.35. The van der Waals surface area contributed by atoms with Crippen LogP contribution in [-0.4, -0.2) is 38.8 Å². The number of nitrogens with one attached hydrogen (secondary N) is 1. The molecule has 2 atom stereocenters. The molecule has 0 aliphatic heterocycles. The number of aliphatic hydroxyl groups excluding tert-OH is 1. The van der Waals surface area contributed by atoms with Crippen LogP contribution in [0.2, 0.25) is 0 Å². The van der Waals surface area contributed by atoms with E-state index in [1.807, 2.05) is 0 Å². The number of aromatic nitrogens is 1. The molecule has 0 spiro atoms. The van der Waals surface area contributed by atoms with E-state index >= 15 is 0 Å². The first-order chi connectivity index (χ1) is 10.0. The van der Waals surface area contributed by atoms with Crippen LogP contribution in [0, 0.1) is 0 Å². The van der Waals surface area contributed by atoms with E-state index in [4.69, 9.17) is 0 Å². The number of alkyl halides is 3. The van der Waals surface area contributed by atoms with Gasteiger partial charge >= 0.3 is 6.18 Å². The average Bonchev–Trinajstić information content (AvgIpc) is 2.41. The number of rotatable bonds is 6. The SMILES string of the molecule is CC(C)(C)[S+]([O-])N[C@H](CO)c1ccc(OCC(F)(F)F)cn1. The van der Waals surface area contributed by atoms with Crippen molar-refractivity contribution in [1.29, 1.82) is 0 Å². The largest absolute Gasteiger partial charge is 0.598 e. The van der Waals surface area contributed by atoms with Gasteiger partial charge in [0.05, 0.1) is 18.5 Å². The van der Waals surface area contributed by atoms with Gasteiger partial charge in [-0.1, -0.05) is 0 Å². The summed E-state index contributed by atoms with van der Waals surface area (Å²) in [5.74, 6) is -0.0327. The summed E-state index contributed by atoms with van der Waals surface area (Å²) in [6.45, 7) is 3.56. The summed E-state index contributed by atoms with van der Waals surface area (Å²) in [5, 5.41) is 9.36. The first-order valence-electron chi connectivity index (χ1n) is 6.47. The molecule has 0 saturated heterocycles. The van der Waals surface area contributed by atoms with E-state index in [-0.39, 0.29) is 12.4 Å². The molecule has 9 heteroatoms. The van der Waals surface area contributed by atoms with Gasteiger partial charge in [-0.15, -0.1) is 4.72 Å². The maximum absolute atomic E-state index is 12.0. The summed E-state index contributed by atoms with van der Waals surface area (Å²) >= 11 is -1.42. The van der Waals surface area contributed by atoms with Crippen LogP contribution in [0.5, 0.6) is 5.75 Å². The molecule has 0 saturated carbocycles. The quantitative estimate of drug-likeness (QED) is 0.776. The van der Waals surface area contributed by atoms with Crippen LogP contribution in [0.15, 0.2) is 18.3 Å². The van der Waals surface area contributed by atoms with Crippen LogP contribution in [0.4, 0.5) is 13.2 Å². The van der Waals surface area contributed by atoms with Crippen LogP contribution < -0.4 is 9.46 Å². The fourth-order valence-corrected chi connectivity index (χ4v) is 2.15. The number of nitrogens with zero attached hydrogens (tertiary/aromatic N) is 1. The Morgan fingerprint density at radius 2 is 2.00 bits per heavy atom. The zero-order chi connectivity index (χ0) is 17.0. The molecule has 0 amide bonds. The first kappa shape index (κ1) is 19.0. The Bertz CT molecular complexity index is 463. The third kappa shape index (κ3) is 6.39. The Morgan fingerprint density at radius 1 is 1.36 bits per heavy atom. The minimum atomic E-state index is -4.42. The summed E-state index contributed by atoms with van der Waals surface area (Å²) < 4.78 is 54.9. The zero-order valence-corrected chi connectivity index (χ0v) is 13.3. The number of pyridine rings is 1. The molecule has 0 aliphatic rings. The lowest BCUT2D eigenvalue weighted by Gasteiger charge is -2.27. The number of hydrogen-bond acceptors (Lipinski definition) is 5. The van der Waals surface area contributed by atoms with Crippen LogP contribution in [-0.2, 0) is 11.4 Å². The van der Waals surface area contributed by atoms with Gasteiger partial charge in [0.2, 0.25) is 0 Å². The molecule has 0 fully saturated rings. The van der Waals surface area contributed by atoms with Gasteiger partial charge in [-0.3, -0.25) is 4.98 Å². The van der Waals surface area contributed by atoms with Crippen molar-refractivity contribution in [2.24, 2.45) is 0 Å². The van der Waals surface area contributed by atoms with Crippen molar-refractivity contribution in [2.75, 3.05) is 13.2 Å². The monoisotopic (exact) mass is 340 g/mol. The molecular weight excluding hydrogens is 321 g/mol. The van der Waals surface area contributed by atoms with Crippen LogP contribution in [0.25, 0.3) is 0 Å². The molecule has 0 radical (unpaired) electrons. The lowest BCUT2D eigenvalue weighted by atomic mass is 10.2. The molecule has 5 nitrogen and oxygen atoms in total. The minimum absolute atomic E-state index is 0.0327. The molecule has 126 valence electrons. The second kappa shape index (κ2) is 7.49. The summed E-state index contributed by atoms with van der Waals surface area (Å²) in [7, 11) is 0. The maximum Gasteiger partial charge on any atom is 0.422 e. The van der Waals surface area contributed by atoms with Crippen LogP contribution >= 0.6 is 0 Å². The van der Waals surface area contributed by atoms with E-state index in [0.29, 0.717) is 5.69 Å². The lowest BCUT2D eigenvalue weighted by molar-refractivity contribution is -0.153. The van der Waals surface area contributed by atoms with Crippen molar-refractivity contribution in [2.45, 2.75) is 37.7 Å². The Morgan fingerprint density at radius 3 is 2.41 bits per heavy atom. The smallest absolute Gasteiger partial charge is 0.422 e. The molecule has 1 unspecified atom stereocenters. The first-order valence-corrected chi connectivity index (χ1v) is 7.62. The van der Waals surface area contributed by atoms with E-state index in [0.717, 1.165) is 6.20 Å². The number of hydrogen-bond donors (Lipinski definition) is 2. The van der Waals surface area contributed by atoms with E-state index in [1.165, 1.54) is 12.1 Å². The number of halogens is 3. The Balaban J connectivity index is 2.70. The van der Waals surface area contributed by atoms with E-state index in [1.54, 1.807) is 20.8 Å². The third-order valence-electron chi connectivity index (χ3n) is 2.51. The fraction of sp³-hybridized carbons (Fsp3) is 0.615. The van der Waals surface area contributed by atoms with Crippen molar-refractivity contribution in [1.82, 2.24) is 9.71 Å². The molecule has 2 N–H and O–H groups in total. The average molecular weight is 340 g/mol. The molecule has 1 heterocycles. The Labute approximate surface area is 130 Å². The highest BCUT2D eigenvalue weighted by atomic mass is 32.2. The van der Waals surface area contributed by atoms with Gasteiger partial charge in [0.1, 0.15) is 16.5 Å². The van der Waals surface area contributed by atoms with Crippen LogP contribution in [0.3, 0.4) is 0 Å². The number of ether oxygens (including phenoxy) is 1. The van der Waals surface area contributed by atoms with Gasteiger partial charge in [-0.2, -0.15) is 13.2 Å². The summed E-state index contributed by atoms with van der Waals surface area (Å²) in [5.41, 5.74) is 0.361. The molecule has 1 aromatic heterocycles. The van der Waals surface area contributed by atoms with Gasteiger partial charge in [-0.25, -0.2) is 0 Å². The molecule has 22 heavy (non-hydrogen) atoms. The van der Waals surface area contributed by atoms with Gasteiger partial charge in [0.15, 0.2) is 6.61 Å². The second-order valence-electron chi connectivity index (χ2n) is 5.56. The van der Waals surface area contributed by atoms with Crippen molar-refractivity contribution in [3.05, 3.63) is 24.0 Å². The normalized spacial score (nSPS) is 15.5. The third-order valence-corrected chi connectivity index (χ3v) is 4.12. The van der Waals surface area contributed by atoms with Crippen molar-refractivity contribution < 1.29 is 27.6 Å².